The summed E-state index contributed by atoms with van der Waals surface area (Å²) in [6.45, 7) is 10.0. The second kappa shape index (κ2) is 6.99. The van der Waals surface area contributed by atoms with Gasteiger partial charge in [-0.2, -0.15) is 13.2 Å². The van der Waals surface area contributed by atoms with Crippen molar-refractivity contribution >= 4 is 19.2 Å². The molecule has 1 unspecified atom stereocenters. The lowest BCUT2D eigenvalue weighted by Gasteiger charge is -2.24. The zero-order chi connectivity index (χ0) is 19.0. The number of aromatic hydroxyl groups is 1. The van der Waals surface area contributed by atoms with E-state index in [-0.39, 0.29) is 31.0 Å². The highest BCUT2D eigenvalue weighted by Crippen LogP contribution is 2.37. The fourth-order valence-corrected chi connectivity index (χ4v) is 3.96. The van der Waals surface area contributed by atoms with Crippen molar-refractivity contribution in [3.8, 4) is 5.75 Å². The molecule has 0 saturated heterocycles. The van der Waals surface area contributed by atoms with Crippen molar-refractivity contribution in [1.29, 1.82) is 0 Å². The molecule has 136 valence electrons. The summed E-state index contributed by atoms with van der Waals surface area (Å²) in [7, 11) is -0.257. The van der Waals surface area contributed by atoms with Crippen LogP contribution < -0.4 is 10.6 Å². The highest BCUT2D eigenvalue weighted by Gasteiger charge is 2.33. The molecule has 0 spiro atoms. The van der Waals surface area contributed by atoms with Gasteiger partial charge in [0.05, 0.1) is 5.56 Å². The maximum absolute atomic E-state index is 13.3. The Morgan fingerprint density at radius 3 is 2.04 bits per heavy atom. The predicted molar refractivity (Wildman–Crippen MR) is 99.9 cm³/mol. The normalized spacial score (nSPS) is 13.2. The second-order valence-electron chi connectivity index (χ2n) is 7.54. The van der Waals surface area contributed by atoms with Gasteiger partial charge in [-0.3, -0.25) is 0 Å². The van der Waals surface area contributed by atoms with Crippen LogP contribution in [-0.4, -0.2) is 5.11 Å². The van der Waals surface area contributed by atoms with Crippen LogP contribution in [0.1, 0.15) is 57.2 Å². The van der Waals surface area contributed by atoms with E-state index >= 15 is 0 Å². The number of halogens is 3. The molecule has 5 heteroatoms. The van der Waals surface area contributed by atoms with Crippen molar-refractivity contribution in [3.63, 3.8) is 0 Å². The Kier molecular flexibility index (Phi) is 5.53. The molecule has 0 heterocycles. The van der Waals surface area contributed by atoms with Crippen LogP contribution in [0.25, 0.3) is 0 Å². The Bertz CT molecular complexity index is 759. The van der Waals surface area contributed by atoms with Crippen molar-refractivity contribution in [1.82, 2.24) is 0 Å². The van der Waals surface area contributed by atoms with Gasteiger partial charge in [0, 0.05) is 10.9 Å². The number of rotatable bonds is 3. The Morgan fingerprint density at radius 2 is 1.52 bits per heavy atom. The number of hydrogen-bond acceptors (Lipinski definition) is 1. The summed E-state index contributed by atoms with van der Waals surface area (Å²) >= 11 is 0. The molecular formula is C20H24F3OP. The molecule has 0 aliphatic rings. The third kappa shape index (κ3) is 4.55. The van der Waals surface area contributed by atoms with Crippen molar-refractivity contribution in [2.24, 2.45) is 0 Å². The molecule has 2 aromatic carbocycles. The minimum atomic E-state index is -4.40. The predicted octanol–water partition coefficient (Wildman–Crippen LogP) is 5.46. The molecule has 1 nitrogen and oxygen atoms in total. The van der Waals surface area contributed by atoms with E-state index < -0.39 is 11.7 Å². The lowest BCUT2D eigenvalue weighted by molar-refractivity contribution is -0.136. The lowest BCUT2D eigenvalue weighted by Crippen LogP contribution is -2.20. The Morgan fingerprint density at radius 1 is 0.920 bits per heavy atom. The largest absolute Gasteiger partial charge is 0.507 e. The van der Waals surface area contributed by atoms with Crippen LogP contribution in [0.3, 0.4) is 0 Å². The lowest BCUT2D eigenvalue weighted by atomic mass is 9.84. The maximum atomic E-state index is 13.3. The quantitative estimate of drug-likeness (QED) is 0.713. The zero-order valence-electron chi connectivity index (χ0n) is 15.1. The van der Waals surface area contributed by atoms with E-state index in [2.05, 4.69) is 0 Å². The third-order valence-electron chi connectivity index (χ3n) is 4.11. The minimum Gasteiger partial charge on any atom is -0.507 e. The number of hydrogen-bond donors (Lipinski definition) is 1. The van der Waals surface area contributed by atoms with E-state index in [1.54, 1.807) is 6.07 Å². The van der Waals surface area contributed by atoms with Gasteiger partial charge < -0.3 is 5.11 Å². The fraction of sp³-hybridized carbons (Fsp3) is 0.400. The van der Waals surface area contributed by atoms with Crippen LogP contribution in [0, 0.1) is 0 Å². The van der Waals surface area contributed by atoms with Crippen LogP contribution in [0.15, 0.2) is 36.4 Å². The van der Waals surface area contributed by atoms with Gasteiger partial charge in [-0.05, 0) is 34.3 Å². The first kappa shape index (κ1) is 19.8. The summed E-state index contributed by atoms with van der Waals surface area (Å²) in [6.07, 6.45) is -4.40. The Hall–Kier alpha value is -1.54. The van der Waals surface area contributed by atoms with Gasteiger partial charge >= 0.3 is 6.18 Å². The van der Waals surface area contributed by atoms with Crippen molar-refractivity contribution in [3.05, 3.63) is 53.1 Å². The first-order chi connectivity index (χ1) is 11.4. The van der Waals surface area contributed by atoms with E-state index in [0.717, 1.165) is 17.2 Å². The van der Waals surface area contributed by atoms with E-state index in [0.29, 0.717) is 5.30 Å². The van der Waals surface area contributed by atoms with Gasteiger partial charge in [-0.1, -0.05) is 67.5 Å². The molecule has 0 fully saturated rings. The molecule has 0 amide bonds. The third-order valence-corrected chi connectivity index (χ3v) is 5.46. The van der Waals surface area contributed by atoms with Crippen molar-refractivity contribution in [2.75, 3.05) is 0 Å². The zero-order valence-corrected chi connectivity index (χ0v) is 16.1. The van der Waals surface area contributed by atoms with Crippen LogP contribution in [0.2, 0.25) is 0 Å². The highest BCUT2D eigenvalue weighted by molar-refractivity contribution is 7.55. The molecule has 0 aromatic heterocycles. The summed E-state index contributed by atoms with van der Waals surface area (Å²) in [5.41, 5.74) is 0.859. The average Bonchev–Trinajstić information content (AvgIpc) is 2.47. The SMILES string of the molecule is CC(C)c1cc(Pc2ccccc2C(F)(F)F)c(O)c(C(C)(C)C)c1. The number of phenols is 1. The van der Waals surface area contributed by atoms with Gasteiger partial charge in [0.15, 0.2) is 0 Å². The molecule has 25 heavy (non-hydrogen) atoms. The molecular weight excluding hydrogens is 344 g/mol. The van der Waals surface area contributed by atoms with Gasteiger partial charge in [-0.15, -0.1) is 0 Å². The van der Waals surface area contributed by atoms with Gasteiger partial charge in [0.2, 0.25) is 0 Å². The molecule has 1 N–H and O–H groups in total. The van der Waals surface area contributed by atoms with E-state index in [4.69, 9.17) is 0 Å². The average molecular weight is 368 g/mol. The second-order valence-corrected chi connectivity index (χ2v) is 8.87. The van der Waals surface area contributed by atoms with Gasteiger partial charge in [-0.25, -0.2) is 0 Å². The summed E-state index contributed by atoms with van der Waals surface area (Å²) < 4.78 is 39.8. The van der Waals surface area contributed by atoms with E-state index in [1.165, 1.54) is 12.1 Å². The molecule has 0 aliphatic carbocycles. The van der Waals surface area contributed by atoms with Crippen molar-refractivity contribution < 1.29 is 18.3 Å². The highest BCUT2D eigenvalue weighted by atomic mass is 31.1. The first-order valence-corrected chi connectivity index (χ1v) is 9.22. The molecule has 0 saturated carbocycles. The van der Waals surface area contributed by atoms with Crippen LogP contribution in [0.5, 0.6) is 5.75 Å². The van der Waals surface area contributed by atoms with Crippen LogP contribution >= 0.6 is 8.58 Å². The molecule has 1 atom stereocenters. The number of phenolic OH excluding ortho intramolecular Hbond substituents is 1. The van der Waals surface area contributed by atoms with Gasteiger partial charge in [0.1, 0.15) is 5.75 Å². The number of alkyl halides is 3. The summed E-state index contributed by atoms with van der Waals surface area (Å²) in [4.78, 5) is 0. The van der Waals surface area contributed by atoms with E-state index in [1.807, 2.05) is 46.8 Å². The number of benzene rings is 2. The molecule has 0 radical (unpaired) electrons. The standard InChI is InChI=1S/C20H24F3OP/c1-12(2)13-10-15(19(3,4)5)18(24)17(11-13)25-16-9-7-6-8-14(16)20(21,22)23/h6-12,24-25H,1-5H3. The maximum Gasteiger partial charge on any atom is 0.417 e. The van der Waals surface area contributed by atoms with Crippen LogP contribution in [-0.2, 0) is 11.6 Å². The minimum absolute atomic E-state index is 0.104. The fourth-order valence-electron chi connectivity index (χ4n) is 2.64. The molecule has 0 bridgehead atoms. The monoisotopic (exact) mass is 368 g/mol. The molecule has 0 aliphatic heterocycles. The van der Waals surface area contributed by atoms with Crippen LogP contribution in [0.4, 0.5) is 13.2 Å². The summed E-state index contributed by atoms with van der Waals surface area (Å²) in [6, 6.07) is 9.37. The van der Waals surface area contributed by atoms with E-state index in [9.17, 15) is 18.3 Å². The molecule has 2 aromatic rings. The summed E-state index contributed by atoms with van der Waals surface area (Å²) in [5.74, 6) is 0.329. The topological polar surface area (TPSA) is 20.2 Å². The Labute approximate surface area is 149 Å². The first-order valence-electron chi connectivity index (χ1n) is 8.22. The van der Waals surface area contributed by atoms with Crippen molar-refractivity contribution in [2.45, 2.75) is 52.1 Å². The Balaban J connectivity index is 2.60. The molecule has 2 rings (SSSR count). The summed E-state index contributed by atoms with van der Waals surface area (Å²) in [5, 5.41) is 11.5. The smallest absolute Gasteiger partial charge is 0.417 e. The van der Waals surface area contributed by atoms with Gasteiger partial charge in [0.25, 0.3) is 0 Å².